The quantitative estimate of drug-likeness (QED) is 0.857. The van der Waals surface area contributed by atoms with Crippen LogP contribution in [0.25, 0.3) is 6.08 Å². The summed E-state index contributed by atoms with van der Waals surface area (Å²) in [5.74, 6) is 0. The van der Waals surface area contributed by atoms with Gasteiger partial charge in [-0.2, -0.15) is 0 Å². The van der Waals surface area contributed by atoms with E-state index >= 15 is 0 Å². The first kappa shape index (κ1) is 11.0. The van der Waals surface area contributed by atoms with Crippen molar-refractivity contribution in [3.8, 4) is 0 Å². The van der Waals surface area contributed by atoms with Gasteiger partial charge in [0.15, 0.2) is 4.47 Å². The fourth-order valence-corrected chi connectivity index (χ4v) is 2.08. The number of aliphatic hydroxyl groups is 1. The smallest absolute Gasteiger partial charge is 0.185 e. The number of thiazole rings is 1. The molecule has 1 atom stereocenters. The van der Waals surface area contributed by atoms with Crippen molar-refractivity contribution in [1.82, 2.24) is 4.98 Å². The highest BCUT2D eigenvalue weighted by Gasteiger charge is 2.06. The minimum Gasteiger partial charge on any atom is -0.389 e. The van der Waals surface area contributed by atoms with E-state index in [1.165, 1.54) is 11.3 Å². The lowest BCUT2D eigenvalue weighted by atomic mass is 10.2. The molecule has 0 saturated carbocycles. The molecule has 1 unspecified atom stereocenters. The van der Waals surface area contributed by atoms with Gasteiger partial charge in [-0.1, -0.05) is 23.2 Å². The van der Waals surface area contributed by atoms with Crippen LogP contribution in [-0.4, -0.2) is 16.2 Å². The molecule has 1 heterocycles. The van der Waals surface area contributed by atoms with Gasteiger partial charge in [-0.3, -0.25) is 0 Å². The largest absolute Gasteiger partial charge is 0.389 e. The second-order valence-electron chi connectivity index (χ2n) is 2.69. The Hall–Kier alpha value is -0.0900. The molecule has 13 heavy (non-hydrogen) atoms. The second-order valence-corrected chi connectivity index (χ2v) is 4.66. The lowest BCUT2D eigenvalue weighted by Gasteiger charge is -2.02. The molecule has 0 bridgehead atoms. The second kappa shape index (κ2) is 4.42. The SMILES string of the molecule is CC(=Cc1sc(Cl)nc1Cl)C(C)O. The van der Waals surface area contributed by atoms with E-state index in [0.717, 1.165) is 10.5 Å². The molecule has 72 valence electrons. The van der Waals surface area contributed by atoms with Crippen molar-refractivity contribution in [3.05, 3.63) is 20.1 Å². The Morgan fingerprint density at radius 2 is 2.23 bits per heavy atom. The topological polar surface area (TPSA) is 33.1 Å². The highest BCUT2D eigenvalue weighted by Crippen LogP contribution is 2.28. The highest BCUT2D eigenvalue weighted by atomic mass is 35.5. The Balaban J connectivity index is 2.96. The first-order chi connectivity index (χ1) is 6.00. The van der Waals surface area contributed by atoms with Gasteiger partial charge in [0.05, 0.1) is 11.0 Å². The van der Waals surface area contributed by atoms with Gasteiger partial charge in [0, 0.05) is 0 Å². The van der Waals surface area contributed by atoms with Crippen LogP contribution < -0.4 is 0 Å². The normalized spacial score (nSPS) is 14.7. The molecule has 1 rings (SSSR count). The number of aromatic nitrogens is 1. The average molecular weight is 238 g/mol. The maximum absolute atomic E-state index is 9.22. The van der Waals surface area contributed by atoms with Crippen molar-refractivity contribution in [2.24, 2.45) is 0 Å². The van der Waals surface area contributed by atoms with Crippen molar-refractivity contribution < 1.29 is 5.11 Å². The maximum Gasteiger partial charge on any atom is 0.185 e. The number of aliphatic hydroxyl groups excluding tert-OH is 1. The maximum atomic E-state index is 9.22. The van der Waals surface area contributed by atoms with Crippen LogP contribution in [0.2, 0.25) is 9.62 Å². The molecule has 0 spiro atoms. The van der Waals surface area contributed by atoms with E-state index in [-0.39, 0.29) is 0 Å². The van der Waals surface area contributed by atoms with Gasteiger partial charge in [0.25, 0.3) is 0 Å². The Morgan fingerprint density at radius 1 is 1.62 bits per heavy atom. The fraction of sp³-hybridized carbons (Fsp3) is 0.375. The summed E-state index contributed by atoms with van der Waals surface area (Å²) < 4.78 is 0.412. The van der Waals surface area contributed by atoms with E-state index in [1.807, 2.05) is 6.92 Å². The number of rotatable bonds is 2. The third kappa shape index (κ3) is 2.95. The molecule has 2 nitrogen and oxygen atoms in total. The molecule has 0 aromatic carbocycles. The van der Waals surface area contributed by atoms with E-state index in [1.54, 1.807) is 13.0 Å². The highest BCUT2D eigenvalue weighted by molar-refractivity contribution is 7.17. The van der Waals surface area contributed by atoms with Crippen LogP contribution in [0.4, 0.5) is 0 Å². The minimum absolute atomic E-state index is 0.384. The summed E-state index contributed by atoms with van der Waals surface area (Å²) in [6, 6.07) is 0. The van der Waals surface area contributed by atoms with Crippen LogP contribution in [0.15, 0.2) is 5.57 Å². The zero-order valence-corrected chi connectivity index (χ0v) is 9.54. The van der Waals surface area contributed by atoms with E-state index < -0.39 is 6.10 Å². The van der Waals surface area contributed by atoms with Crippen LogP contribution in [0, 0.1) is 0 Å². The lowest BCUT2D eigenvalue weighted by molar-refractivity contribution is 0.232. The van der Waals surface area contributed by atoms with Gasteiger partial charge in [0.1, 0.15) is 5.15 Å². The van der Waals surface area contributed by atoms with Crippen LogP contribution in [0.3, 0.4) is 0 Å². The zero-order valence-electron chi connectivity index (χ0n) is 7.21. The van der Waals surface area contributed by atoms with Gasteiger partial charge in [-0.25, -0.2) is 4.98 Å². The van der Waals surface area contributed by atoms with E-state index in [4.69, 9.17) is 23.2 Å². The van der Waals surface area contributed by atoms with Crippen molar-refractivity contribution >= 4 is 40.6 Å². The van der Waals surface area contributed by atoms with E-state index in [9.17, 15) is 5.11 Å². The molecule has 1 aromatic heterocycles. The molecule has 0 aliphatic rings. The van der Waals surface area contributed by atoms with Crippen molar-refractivity contribution in [2.45, 2.75) is 20.0 Å². The summed E-state index contributed by atoms with van der Waals surface area (Å²) in [6.07, 6.45) is 1.31. The Morgan fingerprint density at radius 3 is 2.62 bits per heavy atom. The molecule has 0 aliphatic heterocycles. The molecule has 5 heteroatoms. The monoisotopic (exact) mass is 237 g/mol. The summed E-state index contributed by atoms with van der Waals surface area (Å²) >= 11 is 12.7. The molecule has 1 aromatic rings. The molecular formula is C8H9Cl2NOS. The predicted octanol–water partition coefficient (Wildman–Crippen LogP) is 3.23. The first-order valence-corrected chi connectivity index (χ1v) is 5.26. The molecule has 0 radical (unpaired) electrons. The van der Waals surface area contributed by atoms with E-state index in [2.05, 4.69) is 4.98 Å². The van der Waals surface area contributed by atoms with E-state index in [0.29, 0.717) is 9.62 Å². The van der Waals surface area contributed by atoms with Gasteiger partial charge < -0.3 is 5.11 Å². The minimum atomic E-state index is -0.475. The van der Waals surface area contributed by atoms with Crippen LogP contribution >= 0.6 is 34.5 Å². The van der Waals surface area contributed by atoms with Crippen LogP contribution in [0.1, 0.15) is 18.7 Å². The number of hydrogen-bond acceptors (Lipinski definition) is 3. The summed E-state index contributed by atoms with van der Waals surface area (Å²) in [5.41, 5.74) is 0.835. The van der Waals surface area contributed by atoms with Gasteiger partial charge in [0.2, 0.25) is 0 Å². The van der Waals surface area contributed by atoms with Crippen molar-refractivity contribution in [3.63, 3.8) is 0 Å². The molecule has 0 saturated heterocycles. The third-order valence-corrected chi connectivity index (χ3v) is 3.11. The van der Waals surface area contributed by atoms with Crippen LogP contribution in [0.5, 0.6) is 0 Å². The average Bonchev–Trinajstić information content (AvgIpc) is 2.30. The van der Waals surface area contributed by atoms with Crippen molar-refractivity contribution in [1.29, 1.82) is 0 Å². The zero-order chi connectivity index (χ0) is 10.0. The van der Waals surface area contributed by atoms with Gasteiger partial charge in [-0.15, -0.1) is 11.3 Å². The summed E-state index contributed by atoms with van der Waals surface area (Å²) in [5, 5.41) is 9.60. The predicted molar refractivity (Wildman–Crippen MR) is 57.5 cm³/mol. The summed E-state index contributed by atoms with van der Waals surface area (Å²) in [7, 11) is 0. The van der Waals surface area contributed by atoms with Gasteiger partial charge in [-0.05, 0) is 25.5 Å². The molecule has 0 amide bonds. The lowest BCUT2D eigenvalue weighted by Crippen LogP contribution is -1.99. The number of hydrogen-bond donors (Lipinski definition) is 1. The Bertz CT molecular complexity index is 333. The summed E-state index contributed by atoms with van der Waals surface area (Å²) in [6.45, 7) is 3.52. The van der Waals surface area contributed by atoms with Crippen molar-refractivity contribution in [2.75, 3.05) is 0 Å². The summed E-state index contributed by atoms with van der Waals surface area (Å²) in [4.78, 5) is 4.63. The van der Waals surface area contributed by atoms with Crippen LogP contribution in [-0.2, 0) is 0 Å². The standard InChI is InChI=1S/C8H9Cl2NOS/c1-4(5(2)12)3-6-7(9)11-8(10)13-6/h3,5,12H,1-2H3. The Kier molecular flexibility index (Phi) is 3.74. The molecule has 1 N–H and O–H groups in total. The first-order valence-electron chi connectivity index (χ1n) is 3.69. The number of nitrogens with zero attached hydrogens (tertiary/aromatic N) is 1. The molecule has 0 fully saturated rings. The molecular weight excluding hydrogens is 229 g/mol. The fourth-order valence-electron chi connectivity index (χ4n) is 0.704. The third-order valence-electron chi connectivity index (χ3n) is 1.60. The van der Waals surface area contributed by atoms with Gasteiger partial charge >= 0.3 is 0 Å². The molecule has 0 aliphatic carbocycles. The number of halogens is 2. The Labute approximate surface area is 90.8 Å².